The normalized spacial score (nSPS) is 10.3. The summed E-state index contributed by atoms with van der Waals surface area (Å²) in [5.74, 6) is 0.0397. The van der Waals surface area contributed by atoms with Crippen LogP contribution in [0.5, 0.6) is 5.75 Å². The summed E-state index contributed by atoms with van der Waals surface area (Å²) in [6, 6.07) is 11.1. The zero-order valence-electron chi connectivity index (χ0n) is 14.1. The number of carbonyl (C=O) groups excluding carboxylic acids is 2. The lowest BCUT2D eigenvalue weighted by molar-refractivity contribution is 0.0600. The van der Waals surface area contributed by atoms with E-state index in [0.29, 0.717) is 22.1 Å². The second-order valence-electron chi connectivity index (χ2n) is 5.43. The molecule has 0 saturated carbocycles. The van der Waals surface area contributed by atoms with Crippen LogP contribution in [-0.4, -0.2) is 25.2 Å². The number of carbonyl (C=O) groups is 2. The van der Waals surface area contributed by atoms with Crippen LogP contribution in [0, 0.1) is 0 Å². The van der Waals surface area contributed by atoms with Gasteiger partial charge in [0.25, 0.3) is 0 Å². The van der Waals surface area contributed by atoms with Crippen molar-refractivity contribution in [2.75, 3.05) is 17.7 Å². The Bertz CT molecular complexity index is 777. The topological polar surface area (TPSA) is 76.7 Å². The summed E-state index contributed by atoms with van der Waals surface area (Å²) < 4.78 is 10.3. The molecule has 7 heteroatoms. The summed E-state index contributed by atoms with van der Waals surface area (Å²) in [5.41, 5.74) is 1.10. The van der Waals surface area contributed by atoms with Crippen LogP contribution in [0.3, 0.4) is 0 Å². The van der Waals surface area contributed by atoms with Gasteiger partial charge in [-0.1, -0.05) is 23.7 Å². The second kappa shape index (κ2) is 8.39. The molecule has 0 radical (unpaired) electrons. The maximum atomic E-state index is 12.3. The highest BCUT2D eigenvalue weighted by atomic mass is 35.5. The van der Waals surface area contributed by atoms with Crippen LogP contribution < -0.4 is 15.4 Å². The average Bonchev–Trinajstić information content (AvgIpc) is 2.57. The number of ether oxygens (including phenoxy) is 2. The molecule has 2 rings (SSSR count). The second-order valence-corrected chi connectivity index (χ2v) is 5.84. The maximum Gasteiger partial charge on any atom is 0.337 e. The molecule has 0 heterocycles. The van der Waals surface area contributed by atoms with Gasteiger partial charge in [0.2, 0.25) is 0 Å². The molecule has 0 aliphatic heterocycles. The van der Waals surface area contributed by atoms with Gasteiger partial charge in [0.05, 0.1) is 35.2 Å². The number of amides is 2. The summed E-state index contributed by atoms with van der Waals surface area (Å²) in [6.45, 7) is 3.80. The molecule has 0 aliphatic carbocycles. The molecule has 0 atom stereocenters. The van der Waals surface area contributed by atoms with E-state index in [0.717, 1.165) is 0 Å². The van der Waals surface area contributed by atoms with Crippen molar-refractivity contribution < 1.29 is 19.1 Å². The van der Waals surface area contributed by atoms with Gasteiger partial charge in [-0.05, 0) is 44.2 Å². The molecular formula is C18H19ClN2O4. The van der Waals surface area contributed by atoms with Gasteiger partial charge in [-0.3, -0.25) is 0 Å². The minimum atomic E-state index is -0.518. The number of para-hydroxylation sites is 2. The van der Waals surface area contributed by atoms with E-state index in [-0.39, 0.29) is 11.7 Å². The molecular weight excluding hydrogens is 344 g/mol. The van der Waals surface area contributed by atoms with E-state index in [9.17, 15) is 9.59 Å². The molecule has 25 heavy (non-hydrogen) atoms. The average molecular weight is 363 g/mol. The maximum absolute atomic E-state index is 12.3. The molecule has 6 nitrogen and oxygen atoms in total. The zero-order chi connectivity index (χ0) is 18.4. The van der Waals surface area contributed by atoms with Crippen LogP contribution in [0.15, 0.2) is 42.5 Å². The Hall–Kier alpha value is -2.73. The number of methoxy groups -OCH3 is 1. The van der Waals surface area contributed by atoms with Crippen molar-refractivity contribution in [2.45, 2.75) is 20.0 Å². The Labute approximate surface area is 151 Å². The summed E-state index contributed by atoms with van der Waals surface area (Å²) in [4.78, 5) is 23.9. The van der Waals surface area contributed by atoms with Gasteiger partial charge in [-0.2, -0.15) is 0 Å². The van der Waals surface area contributed by atoms with Gasteiger partial charge in [0.1, 0.15) is 5.75 Å². The molecule has 0 unspecified atom stereocenters. The van der Waals surface area contributed by atoms with Crippen molar-refractivity contribution in [3.8, 4) is 5.75 Å². The summed E-state index contributed by atoms with van der Waals surface area (Å²) in [6.07, 6.45) is -0.0304. The molecule has 2 amide bonds. The van der Waals surface area contributed by atoms with Crippen LogP contribution in [0.2, 0.25) is 5.02 Å². The third-order valence-corrected chi connectivity index (χ3v) is 3.46. The number of nitrogens with one attached hydrogen (secondary N) is 2. The minimum Gasteiger partial charge on any atom is -0.489 e. The molecule has 2 N–H and O–H groups in total. The van der Waals surface area contributed by atoms with Crippen LogP contribution in [0.1, 0.15) is 24.2 Å². The van der Waals surface area contributed by atoms with E-state index in [4.69, 9.17) is 16.3 Å². The van der Waals surface area contributed by atoms with Crippen molar-refractivity contribution in [1.29, 1.82) is 0 Å². The largest absolute Gasteiger partial charge is 0.489 e. The standard InChI is InChI=1S/C18H19ClN2O4/c1-11(2)25-16-7-5-4-6-14(16)20-18(23)21-15-10-12(17(22)24-3)8-9-13(15)19/h4-11H,1-3H3,(H2,20,21,23). The summed E-state index contributed by atoms with van der Waals surface area (Å²) in [5, 5.41) is 5.62. The molecule has 0 spiro atoms. The van der Waals surface area contributed by atoms with E-state index >= 15 is 0 Å². The van der Waals surface area contributed by atoms with Crippen molar-refractivity contribution in [1.82, 2.24) is 0 Å². The SMILES string of the molecule is COC(=O)c1ccc(Cl)c(NC(=O)Nc2ccccc2OC(C)C)c1. The third kappa shape index (κ3) is 5.12. The highest BCUT2D eigenvalue weighted by Gasteiger charge is 2.13. The Balaban J connectivity index is 2.15. The number of rotatable bonds is 5. The lowest BCUT2D eigenvalue weighted by atomic mass is 10.2. The quantitative estimate of drug-likeness (QED) is 0.764. The van der Waals surface area contributed by atoms with Crippen LogP contribution in [0.4, 0.5) is 16.2 Å². The number of esters is 1. The van der Waals surface area contributed by atoms with Crippen molar-refractivity contribution in [2.24, 2.45) is 0 Å². The first-order valence-corrected chi connectivity index (χ1v) is 8.00. The van der Waals surface area contributed by atoms with E-state index in [1.165, 1.54) is 25.3 Å². The van der Waals surface area contributed by atoms with E-state index in [1.807, 2.05) is 19.9 Å². The first-order valence-electron chi connectivity index (χ1n) is 7.62. The van der Waals surface area contributed by atoms with Gasteiger partial charge in [0, 0.05) is 0 Å². The molecule has 0 aromatic heterocycles. The van der Waals surface area contributed by atoms with E-state index in [2.05, 4.69) is 15.4 Å². The number of hydrogen-bond donors (Lipinski definition) is 2. The number of halogens is 1. The molecule has 2 aromatic carbocycles. The molecule has 0 fully saturated rings. The van der Waals surface area contributed by atoms with Crippen molar-refractivity contribution in [3.63, 3.8) is 0 Å². The molecule has 0 saturated heterocycles. The lowest BCUT2D eigenvalue weighted by Crippen LogP contribution is -2.21. The van der Waals surface area contributed by atoms with Crippen molar-refractivity contribution in [3.05, 3.63) is 53.1 Å². The van der Waals surface area contributed by atoms with E-state index in [1.54, 1.807) is 18.2 Å². The first kappa shape index (κ1) is 18.6. The summed E-state index contributed by atoms with van der Waals surface area (Å²) >= 11 is 6.07. The van der Waals surface area contributed by atoms with Crippen molar-refractivity contribution >= 4 is 35.0 Å². The molecule has 2 aromatic rings. The summed E-state index contributed by atoms with van der Waals surface area (Å²) in [7, 11) is 1.28. The van der Waals surface area contributed by atoms with Gasteiger partial charge >= 0.3 is 12.0 Å². The minimum absolute atomic E-state index is 0.0304. The predicted molar refractivity (Wildman–Crippen MR) is 97.6 cm³/mol. The van der Waals surface area contributed by atoms with E-state index < -0.39 is 12.0 Å². The fourth-order valence-corrected chi connectivity index (χ4v) is 2.23. The van der Waals surface area contributed by atoms with Crippen LogP contribution in [0.25, 0.3) is 0 Å². The zero-order valence-corrected chi connectivity index (χ0v) is 14.9. The van der Waals surface area contributed by atoms with Crippen LogP contribution in [-0.2, 0) is 4.74 Å². The number of anilines is 2. The highest BCUT2D eigenvalue weighted by Crippen LogP contribution is 2.27. The lowest BCUT2D eigenvalue weighted by Gasteiger charge is -2.15. The molecule has 0 aliphatic rings. The van der Waals surface area contributed by atoms with Gasteiger partial charge in [-0.15, -0.1) is 0 Å². The third-order valence-electron chi connectivity index (χ3n) is 3.13. The number of benzene rings is 2. The van der Waals surface area contributed by atoms with Crippen LogP contribution >= 0.6 is 11.6 Å². The Kier molecular flexibility index (Phi) is 6.25. The predicted octanol–water partition coefficient (Wildman–Crippen LogP) is 4.56. The fraction of sp³-hybridized carbons (Fsp3) is 0.222. The van der Waals surface area contributed by atoms with Gasteiger partial charge in [-0.25, -0.2) is 9.59 Å². The number of urea groups is 1. The highest BCUT2D eigenvalue weighted by molar-refractivity contribution is 6.34. The Morgan fingerprint density at radius 3 is 2.40 bits per heavy atom. The Morgan fingerprint density at radius 2 is 1.72 bits per heavy atom. The number of hydrogen-bond acceptors (Lipinski definition) is 4. The molecule has 0 bridgehead atoms. The smallest absolute Gasteiger partial charge is 0.337 e. The monoisotopic (exact) mass is 362 g/mol. The van der Waals surface area contributed by atoms with Gasteiger partial charge < -0.3 is 20.1 Å². The fourth-order valence-electron chi connectivity index (χ4n) is 2.07. The first-order chi connectivity index (χ1) is 11.9. The Morgan fingerprint density at radius 1 is 1.04 bits per heavy atom. The van der Waals surface area contributed by atoms with Gasteiger partial charge in [0.15, 0.2) is 0 Å². The molecule has 132 valence electrons.